The summed E-state index contributed by atoms with van der Waals surface area (Å²) in [7, 11) is 0. The van der Waals surface area contributed by atoms with Crippen LogP contribution in [-0.2, 0) is 14.4 Å². The molecule has 3 amide bonds. The molecule has 3 atom stereocenters. The first-order valence-corrected chi connectivity index (χ1v) is 8.85. The molecule has 0 radical (unpaired) electrons. The van der Waals surface area contributed by atoms with Crippen molar-refractivity contribution in [3.05, 3.63) is 0 Å². The average molecular weight is 358 g/mol. The lowest BCUT2D eigenvalue weighted by Gasteiger charge is -2.32. The molecule has 1 rings (SSSR count). The minimum atomic E-state index is -0.859. The van der Waals surface area contributed by atoms with Crippen LogP contribution in [0.5, 0.6) is 0 Å². The van der Waals surface area contributed by atoms with Gasteiger partial charge in [0.15, 0.2) is 0 Å². The molecular weight excluding hydrogens is 328 g/mol. The summed E-state index contributed by atoms with van der Waals surface area (Å²) in [5, 5.41) is 23.1. The lowest BCUT2D eigenvalue weighted by molar-refractivity contribution is -0.137. The third-order valence-corrected chi connectivity index (χ3v) is 4.91. The molecule has 25 heavy (non-hydrogen) atoms. The molecule has 9 nitrogen and oxygen atoms in total. The molecule has 0 aromatic heterocycles. The smallest absolute Gasteiger partial charge is 0.266 e. The largest absolute Gasteiger partial charge is 0.343 e. The lowest BCUT2D eigenvalue weighted by Crippen LogP contribution is -2.57. The Morgan fingerprint density at radius 1 is 1.04 bits per heavy atom. The summed E-state index contributed by atoms with van der Waals surface area (Å²) in [4.78, 5) is 35.9. The molecule has 1 fully saturated rings. The zero-order valence-electron chi connectivity index (χ0n) is 14.9. The van der Waals surface area contributed by atoms with Gasteiger partial charge in [-0.25, -0.2) is 11.0 Å². The van der Waals surface area contributed by atoms with Crippen molar-refractivity contribution in [2.75, 3.05) is 6.54 Å². The van der Waals surface area contributed by atoms with Gasteiger partial charge in [0.25, 0.3) is 11.8 Å². The molecule has 6 N–H and O–H groups in total. The van der Waals surface area contributed by atoms with Gasteiger partial charge >= 0.3 is 0 Å². The van der Waals surface area contributed by atoms with E-state index in [2.05, 4.69) is 10.6 Å². The number of carbonyl (C=O) groups excluding carboxylic acids is 3. The van der Waals surface area contributed by atoms with Gasteiger partial charge in [0.05, 0.1) is 12.6 Å². The number of hydroxylamine groups is 2. The summed E-state index contributed by atoms with van der Waals surface area (Å²) in [5.74, 6) is -1.80. The third kappa shape index (κ3) is 6.60. The van der Waals surface area contributed by atoms with Gasteiger partial charge < -0.3 is 5.32 Å². The van der Waals surface area contributed by atoms with Crippen LogP contribution >= 0.6 is 0 Å². The highest BCUT2D eigenvalue weighted by molar-refractivity contribution is 5.90. The maximum absolute atomic E-state index is 12.8. The lowest BCUT2D eigenvalue weighted by atomic mass is 9.83. The number of carbonyl (C=O) groups is 3. The van der Waals surface area contributed by atoms with E-state index in [0.717, 1.165) is 32.1 Å². The first kappa shape index (κ1) is 21.3. The van der Waals surface area contributed by atoms with E-state index in [1.807, 2.05) is 13.8 Å². The van der Waals surface area contributed by atoms with Crippen LogP contribution in [0.25, 0.3) is 0 Å². The van der Waals surface area contributed by atoms with Crippen molar-refractivity contribution >= 4 is 17.7 Å². The SMILES string of the molecule is CCC(C)C(NC(=O)C(NCC(=O)NO)C1CCCCC1)C(=O)NO. The Morgan fingerprint density at radius 3 is 2.20 bits per heavy atom. The summed E-state index contributed by atoms with van der Waals surface area (Å²) < 4.78 is 0. The van der Waals surface area contributed by atoms with Crippen LogP contribution in [-0.4, -0.2) is 46.8 Å². The summed E-state index contributed by atoms with van der Waals surface area (Å²) in [6.45, 7) is 3.49. The topological polar surface area (TPSA) is 140 Å². The Hall–Kier alpha value is -1.71. The first-order chi connectivity index (χ1) is 11.9. The molecule has 1 aliphatic rings. The quantitative estimate of drug-likeness (QED) is 0.255. The average Bonchev–Trinajstić information content (AvgIpc) is 2.65. The molecule has 0 aromatic rings. The zero-order chi connectivity index (χ0) is 18.8. The standard InChI is InChI=1S/C16H30N4O5/c1-3-10(2)13(16(23)20-25)18-15(22)14(17-9-12(21)19-24)11-7-5-4-6-8-11/h10-11,13-14,17,24-25H,3-9H2,1-2H3,(H,18,22)(H,19,21)(H,20,23). The summed E-state index contributed by atoms with van der Waals surface area (Å²) in [6, 6.07) is -1.50. The fourth-order valence-corrected chi connectivity index (χ4v) is 3.20. The maximum atomic E-state index is 12.8. The van der Waals surface area contributed by atoms with Gasteiger partial charge in [0.1, 0.15) is 6.04 Å². The van der Waals surface area contributed by atoms with E-state index >= 15 is 0 Å². The Bertz CT molecular complexity index is 454. The van der Waals surface area contributed by atoms with E-state index in [0.29, 0.717) is 6.42 Å². The highest BCUT2D eigenvalue weighted by Gasteiger charge is 2.33. The fourth-order valence-electron chi connectivity index (χ4n) is 3.20. The minimum Gasteiger partial charge on any atom is -0.343 e. The van der Waals surface area contributed by atoms with E-state index in [-0.39, 0.29) is 24.3 Å². The predicted molar refractivity (Wildman–Crippen MR) is 89.6 cm³/mol. The van der Waals surface area contributed by atoms with Crippen molar-refractivity contribution in [3.8, 4) is 0 Å². The van der Waals surface area contributed by atoms with Crippen molar-refractivity contribution in [2.45, 2.75) is 64.5 Å². The van der Waals surface area contributed by atoms with Crippen LogP contribution in [0.2, 0.25) is 0 Å². The second kappa shape index (κ2) is 11.0. The van der Waals surface area contributed by atoms with E-state index in [1.165, 1.54) is 5.48 Å². The highest BCUT2D eigenvalue weighted by Crippen LogP contribution is 2.27. The van der Waals surface area contributed by atoms with Crippen LogP contribution in [0.1, 0.15) is 52.4 Å². The van der Waals surface area contributed by atoms with Gasteiger partial charge in [-0.1, -0.05) is 39.5 Å². The fraction of sp³-hybridized carbons (Fsp3) is 0.812. The molecule has 0 aromatic carbocycles. The number of hydrogen-bond donors (Lipinski definition) is 6. The molecular formula is C16H30N4O5. The molecule has 3 unspecified atom stereocenters. The molecule has 0 spiro atoms. The van der Waals surface area contributed by atoms with Crippen molar-refractivity contribution in [1.82, 2.24) is 21.6 Å². The molecule has 9 heteroatoms. The second-order valence-corrected chi connectivity index (χ2v) is 6.64. The Labute approximate surface area is 147 Å². The number of amides is 3. The van der Waals surface area contributed by atoms with E-state index in [9.17, 15) is 14.4 Å². The van der Waals surface area contributed by atoms with Crippen molar-refractivity contribution < 1.29 is 24.8 Å². The molecule has 0 bridgehead atoms. The van der Waals surface area contributed by atoms with Gasteiger partial charge in [0, 0.05) is 0 Å². The molecule has 1 saturated carbocycles. The second-order valence-electron chi connectivity index (χ2n) is 6.64. The van der Waals surface area contributed by atoms with Crippen molar-refractivity contribution in [3.63, 3.8) is 0 Å². The number of nitrogens with one attached hydrogen (secondary N) is 4. The van der Waals surface area contributed by atoms with Crippen LogP contribution in [0.4, 0.5) is 0 Å². The van der Waals surface area contributed by atoms with Crippen molar-refractivity contribution in [1.29, 1.82) is 0 Å². The molecule has 144 valence electrons. The Kier molecular flexibility index (Phi) is 9.40. The predicted octanol–water partition coefficient (Wildman–Crippen LogP) is 0.0666. The molecule has 0 saturated heterocycles. The van der Waals surface area contributed by atoms with Gasteiger partial charge in [-0.2, -0.15) is 0 Å². The Morgan fingerprint density at radius 2 is 1.68 bits per heavy atom. The van der Waals surface area contributed by atoms with Crippen LogP contribution in [0.3, 0.4) is 0 Å². The molecule has 0 aliphatic heterocycles. The Balaban J connectivity index is 2.84. The van der Waals surface area contributed by atoms with E-state index in [4.69, 9.17) is 10.4 Å². The molecule has 1 aliphatic carbocycles. The van der Waals surface area contributed by atoms with E-state index < -0.39 is 23.9 Å². The van der Waals surface area contributed by atoms with Crippen LogP contribution in [0, 0.1) is 11.8 Å². The van der Waals surface area contributed by atoms with Gasteiger partial charge in [-0.05, 0) is 24.7 Å². The maximum Gasteiger partial charge on any atom is 0.266 e. The summed E-state index contributed by atoms with van der Waals surface area (Å²) in [5.41, 5.74) is 3.12. The summed E-state index contributed by atoms with van der Waals surface area (Å²) >= 11 is 0. The highest BCUT2D eigenvalue weighted by atomic mass is 16.5. The zero-order valence-corrected chi connectivity index (χ0v) is 14.9. The molecule has 0 heterocycles. The normalized spacial score (nSPS) is 18.7. The van der Waals surface area contributed by atoms with Gasteiger partial charge in [0.2, 0.25) is 5.91 Å². The van der Waals surface area contributed by atoms with E-state index in [1.54, 1.807) is 5.48 Å². The van der Waals surface area contributed by atoms with Gasteiger partial charge in [-0.15, -0.1) is 0 Å². The van der Waals surface area contributed by atoms with Crippen LogP contribution < -0.4 is 21.6 Å². The third-order valence-electron chi connectivity index (χ3n) is 4.91. The monoisotopic (exact) mass is 358 g/mol. The van der Waals surface area contributed by atoms with Gasteiger partial charge in [-0.3, -0.25) is 30.1 Å². The number of hydrogen-bond acceptors (Lipinski definition) is 6. The van der Waals surface area contributed by atoms with Crippen LogP contribution in [0.15, 0.2) is 0 Å². The summed E-state index contributed by atoms with van der Waals surface area (Å²) in [6.07, 6.45) is 5.48. The number of rotatable bonds is 9. The van der Waals surface area contributed by atoms with Crippen molar-refractivity contribution in [2.24, 2.45) is 11.8 Å². The minimum absolute atomic E-state index is 0.0509. The first-order valence-electron chi connectivity index (χ1n) is 8.85.